The standard InChI is InChI=1S/C6H10N2O3/c1-6(2-3-9)4(10)7-5(11)8-6/h9H,2-3H2,1H3,(H2,7,8,10,11). The van der Waals surface area contributed by atoms with E-state index in [1.165, 1.54) is 0 Å². The molecule has 5 heteroatoms. The molecule has 0 spiro atoms. The van der Waals surface area contributed by atoms with Crippen LogP contribution in [0.15, 0.2) is 0 Å². The minimum Gasteiger partial charge on any atom is -0.396 e. The SMILES string of the molecule is CC1(CCO)NC(=O)NC1=O. The number of hydrogen-bond acceptors (Lipinski definition) is 3. The van der Waals surface area contributed by atoms with Gasteiger partial charge in [0, 0.05) is 13.0 Å². The fourth-order valence-corrected chi connectivity index (χ4v) is 0.979. The van der Waals surface area contributed by atoms with Crippen LogP contribution in [0.25, 0.3) is 0 Å². The van der Waals surface area contributed by atoms with E-state index >= 15 is 0 Å². The van der Waals surface area contributed by atoms with E-state index in [4.69, 9.17) is 5.11 Å². The van der Waals surface area contributed by atoms with E-state index in [1.54, 1.807) is 6.92 Å². The highest BCUT2D eigenvalue weighted by atomic mass is 16.3. The third-order valence-electron chi connectivity index (χ3n) is 1.73. The Balaban J connectivity index is 2.70. The molecule has 0 aromatic heterocycles. The predicted octanol–water partition coefficient (Wildman–Crippen LogP) is -1.03. The number of urea groups is 1. The lowest BCUT2D eigenvalue weighted by Crippen LogP contribution is -2.44. The highest BCUT2D eigenvalue weighted by Crippen LogP contribution is 2.12. The van der Waals surface area contributed by atoms with E-state index in [9.17, 15) is 9.59 Å². The monoisotopic (exact) mass is 158 g/mol. The minimum absolute atomic E-state index is 0.121. The maximum atomic E-state index is 11.0. The lowest BCUT2D eigenvalue weighted by atomic mass is 9.99. The molecule has 11 heavy (non-hydrogen) atoms. The zero-order chi connectivity index (χ0) is 8.48. The molecular weight excluding hydrogens is 148 g/mol. The maximum absolute atomic E-state index is 11.0. The zero-order valence-electron chi connectivity index (χ0n) is 6.18. The Hall–Kier alpha value is -1.10. The molecule has 0 saturated carbocycles. The van der Waals surface area contributed by atoms with Crippen molar-refractivity contribution in [2.75, 3.05) is 6.61 Å². The molecular formula is C6H10N2O3. The van der Waals surface area contributed by atoms with Crippen LogP contribution in [-0.4, -0.2) is 29.2 Å². The van der Waals surface area contributed by atoms with Crippen LogP contribution in [0, 0.1) is 0 Å². The van der Waals surface area contributed by atoms with Crippen molar-refractivity contribution < 1.29 is 14.7 Å². The first kappa shape index (κ1) is 8.00. The number of carbonyl (C=O) groups excluding carboxylic acids is 2. The van der Waals surface area contributed by atoms with Gasteiger partial charge in [0.2, 0.25) is 0 Å². The zero-order valence-corrected chi connectivity index (χ0v) is 6.18. The molecule has 3 N–H and O–H groups in total. The van der Waals surface area contributed by atoms with E-state index < -0.39 is 11.6 Å². The molecule has 1 saturated heterocycles. The van der Waals surface area contributed by atoms with Gasteiger partial charge < -0.3 is 10.4 Å². The molecule has 1 aliphatic rings. The highest BCUT2D eigenvalue weighted by Gasteiger charge is 2.40. The van der Waals surface area contributed by atoms with Gasteiger partial charge in [0.15, 0.2) is 0 Å². The lowest BCUT2D eigenvalue weighted by molar-refractivity contribution is -0.123. The number of hydrogen-bond donors (Lipinski definition) is 3. The molecule has 0 aromatic carbocycles. The van der Waals surface area contributed by atoms with Crippen molar-refractivity contribution in [1.29, 1.82) is 0 Å². The second-order valence-electron chi connectivity index (χ2n) is 2.71. The van der Waals surface area contributed by atoms with Crippen LogP contribution >= 0.6 is 0 Å². The van der Waals surface area contributed by atoms with Crippen molar-refractivity contribution in [2.24, 2.45) is 0 Å². The molecule has 1 aliphatic heterocycles. The fourth-order valence-electron chi connectivity index (χ4n) is 0.979. The number of nitrogens with one attached hydrogen (secondary N) is 2. The summed E-state index contributed by atoms with van der Waals surface area (Å²) in [6, 6.07) is -0.494. The summed E-state index contributed by atoms with van der Waals surface area (Å²) in [5.41, 5.74) is -0.925. The summed E-state index contributed by atoms with van der Waals surface area (Å²) in [7, 11) is 0. The van der Waals surface area contributed by atoms with Crippen molar-refractivity contribution in [3.05, 3.63) is 0 Å². The molecule has 5 nitrogen and oxygen atoms in total. The summed E-state index contributed by atoms with van der Waals surface area (Å²) in [5.74, 6) is -0.378. The van der Waals surface area contributed by atoms with E-state index in [0.717, 1.165) is 0 Å². The molecule has 1 heterocycles. The van der Waals surface area contributed by atoms with Crippen LogP contribution in [0.5, 0.6) is 0 Å². The van der Waals surface area contributed by atoms with Gasteiger partial charge in [-0.15, -0.1) is 0 Å². The number of aliphatic hydroxyl groups is 1. The largest absolute Gasteiger partial charge is 0.396 e. The molecule has 62 valence electrons. The first-order chi connectivity index (χ1) is 5.08. The van der Waals surface area contributed by atoms with Gasteiger partial charge in [0.1, 0.15) is 5.54 Å². The molecule has 1 fully saturated rings. The summed E-state index contributed by atoms with van der Waals surface area (Å²) in [5, 5.41) is 13.1. The van der Waals surface area contributed by atoms with Crippen molar-refractivity contribution in [2.45, 2.75) is 18.9 Å². The first-order valence-corrected chi connectivity index (χ1v) is 3.33. The van der Waals surface area contributed by atoms with Gasteiger partial charge in [0.05, 0.1) is 0 Å². The summed E-state index contributed by atoms with van der Waals surface area (Å²) < 4.78 is 0. The quantitative estimate of drug-likeness (QED) is 0.449. The molecule has 0 aromatic rings. The molecule has 3 amide bonds. The number of carbonyl (C=O) groups is 2. The second kappa shape index (κ2) is 2.50. The molecule has 1 rings (SSSR count). The maximum Gasteiger partial charge on any atom is 0.322 e. The Bertz CT molecular complexity index is 204. The fraction of sp³-hybridized carbons (Fsp3) is 0.667. The Morgan fingerprint density at radius 3 is 2.55 bits per heavy atom. The number of rotatable bonds is 2. The van der Waals surface area contributed by atoms with Gasteiger partial charge in [-0.25, -0.2) is 4.79 Å². The van der Waals surface area contributed by atoms with Gasteiger partial charge in [-0.05, 0) is 6.92 Å². The normalized spacial score (nSPS) is 30.0. The predicted molar refractivity (Wildman–Crippen MR) is 36.8 cm³/mol. The Morgan fingerprint density at radius 2 is 2.18 bits per heavy atom. The van der Waals surface area contributed by atoms with Crippen LogP contribution in [0.3, 0.4) is 0 Å². The number of amides is 3. The summed E-state index contributed by atoms with van der Waals surface area (Å²) in [6.07, 6.45) is 0.241. The van der Waals surface area contributed by atoms with E-state index in [2.05, 4.69) is 10.6 Å². The number of aliphatic hydroxyl groups excluding tert-OH is 1. The first-order valence-electron chi connectivity index (χ1n) is 3.33. The Kier molecular flexibility index (Phi) is 1.82. The highest BCUT2D eigenvalue weighted by molar-refractivity contribution is 6.06. The smallest absolute Gasteiger partial charge is 0.322 e. The third kappa shape index (κ3) is 1.32. The summed E-state index contributed by atoms with van der Waals surface area (Å²) in [4.78, 5) is 21.6. The topological polar surface area (TPSA) is 78.4 Å². The van der Waals surface area contributed by atoms with E-state index in [-0.39, 0.29) is 18.9 Å². The van der Waals surface area contributed by atoms with E-state index in [1.807, 2.05) is 0 Å². The molecule has 0 radical (unpaired) electrons. The van der Waals surface area contributed by atoms with Crippen molar-refractivity contribution in [3.63, 3.8) is 0 Å². The average molecular weight is 158 g/mol. The van der Waals surface area contributed by atoms with Gasteiger partial charge in [-0.3, -0.25) is 10.1 Å². The van der Waals surface area contributed by atoms with Crippen molar-refractivity contribution >= 4 is 11.9 Å². The Labute approximate surface area is 63.8 Å². The Morgan fingerprint density at radius 1 is 1.55 bits per heavy atom. The summed E-state index contributed by atoms with van der Waals surface area (Å²) in [6.45, 7) is 1.45. The van der Waals surface area contributed by atoms with Crippen molar-refractivity contribution in [3.8, 4) is 0 Å². The second-order valence-corrected chi connectivity index (χ2v) is 2.71. The number of imide groups is 1. The third-order valence-corrected chi connectivity index (χ3v) is 1.73. The van der Waals surface area contributed by atoms with Crippen LogP contribution < -0.4 is 10.6 Å². The summed E-state index contributed by atoms with van der Waals surface area (Å²) >= 11 is 0. The van der Waals surface area contributed by atoms with Gasteiger partial charge >= 0.3 is 6.03 Å². The average Bonchev–Trinajstić information content (AvgIpc) is 2.08. The molecule has 0 bridgehead atoms. The van der Waals surface area contributed by atoms with Crippen LogP contribution in [0.1, 0.15) is 13.3 Å². The van der Waals surface area contributed by atoms with Crippen molar-refractivity contribution in [1.82, 2.24) is 10.6 Å². The van der Waals surface area contributed by atoms with Crippen LogP contribution in [-0.2, 0) is 4.79 Å². The molecule has 0 aliphatic carbocycles. The lowest BCUT2D eigenvalue weighted by Gasteiger charge is -2.18. The van der Waals surface area contributed by atoms with Gasteiger partial charge in [0.25, 0.3) is 5.91 Å². The van der Waals surface area contributed by atoms with Gasteiger partial charge in [-0.2, -0.15) is 0 Å². The molecule has 1 atom stereocenters. The van der Waals surface area contributed by atoms with Crippen LogP contribution in [0.4, 0.5) is 4.79 Å². The van der Waals surface area contributed by atoms with E-state index in [0.29, 0.717) is 0 Å². The van der Waals surface area contributed by atoms with Crippen LogP contribution in [0.2, 0.25) is 0 Å². The minimum atomic E-state index is -0.925. The van der Waals surface area contributed by atoms with Gasteiger partial charge in [-0.1, -0.05) is 0 Å². The molecule has 1 unspecified atom stereocenters.